The number of aromatic carboxylic acids is 1. The van der Waals surface area contributed by atoms with Crippen molar-refractivity contribution < 1.29 is 23.1 Å². The number of nitrogens with zero attached hydrogens (tertiary/aromatic N) is 2. The number of carboxylic acids is 1. The van der Waals surface area contributed by atoms with Crippen molar-refractivity contribution in [2.75, 3.05) is 0 Å². The van der Waals surface area contributed by atoms with Gasteiger partial charge in [0.15, 0.2) is 6.29 Å². The fourth-order valence-electron chi connectivity index (χ4n) is 2.26. The lowest BCUT2D eigenvalue weighted by molar-refractivity contribution is 0.0697. The Hall–Kier alpha value is -3.00. The van der Waals surface area contributed by atoms with Gasteiger partial charge in [0.25, 0.3) is 10.0 Å². The van der Waals surface area contributed by atoms with E-state index in [1.165, 1.54) is 48.9 Å². The largest absolute Gasteiger partial charge is 0.478 e. The summed E-state index contributed by atoms with van der Waals surface area (Å²) in [6, 6.07) is 6.80. The average Bonchev–Trinajstić information content (AvgIpc) is 2.94. The van der Waals surface area contributed by atoms with Crippen LogP contribution in [0.3, 0.4) is 0 Å². The highest BCUT2D eigenvalue weighted by molar-refractivity contribution is 7.90. The minimum absolute atomic E-state index is 0.0601. The third kappa shape index (κ3) is 2.38. The maximum atomic E-state index is 12.7. The molecule has 1 aromatic carbocycles. The number of hydrogen-bond donors (Lipinski definition) is 1. The van der Waals surface area contributed by atoms with E-state index in [0.717, 1.165) is 3.97 Å². The Bertz CT molecular complexity index is 1020. The molecule has 0 saturated carbocycles. The predicted octanol–water partition coefficient (Wildman–Crippen LogP) is 1.78. The lowest BCUT2D eigenvalue weighted by atomic mass is 10.1. The summed E-state index contributed by atoms with van der Waals surface area (Å²) in [5, 5.41) is 9.44. The fraction of sp³-hybridized carbons (Fsp3) is 0. The molecule has 8 heteroatoms. The van der Waals surface area contributed by atoms with Gasteiger partial charge in [0.2, 0.25) is 0 Å². The van der Waals surface area contributed by atoms with Gasteiger partial charge in [-0.05, 0) is 24.3 Å². The molecule has 7 nitrogen and oxygen atoms in total. The van der Waals surface area contributed by atoms with E-state index in [-0.39, 0.29) is 21.5 Å². The first-order valence-electron chi connectivity index (χ1n) is 6.44. The van der Waals surface area contributed by atoms with E-state index in [0.29, 0.717) is 11.7 Å². The third-order valence-electron chi connectivity index (χ3n) is 3.37. The first kappa shape index (κ1) is 14.9. The molecule has 0 fully saturated rings. The van der Waals surface area contributed by atoms with Crippen LogP contribution in [0, 0.1) is 0 Å². The maximum Gasteiger partial charge on any atom is 0.335 e. The number of pyridine rings is 1. The van der Waals surface area contributed by atoms with Crippen molar-refractivity contribution in [3.8, 4) is 0 Å². The molecule has 3 aromatic rings. The minimum Gasteiger partial charge on any atom is -0.478 e. The zero-order valence-corrected chi connectivity index (χ0v) is 12.4. The summed E-state index contributed by atoms with van der Waals surface area (Å²) in [6.07, 6.45) is 4.32. The normalized spacial score (nSPS) is 11.5. The van der Waals surface area contributed by atoms with E-state index < -0.39 is 16.0 Å². The number of aldehydes is 1. The van der Waals surface area contributed by atoms with Gasteiger partial charge in [0, 0.05) is 29.5 Å². The van der Waals surface area contributed by atoms with Gasteiger partial charge in [-0.25, -0.2) is 17.2 Å². The van der Waals surface area contributed by atoms with Gasteiger partial charge in [0.05, 0.1) is 11.1 Å². The van der Waals surface area contributed by atoms with Crippen LogP contribution >= 0.6 is 0 Å². The van der Waals surface area contributed by atoms with Crippen LogP contribution in [0.5, 0.6) is 0 Å². The second kappa shape index (κ2) is 5.33. The summed E-state index contributed by atoms with van der Waals surface area (Å²) in [6.45, 7) is 0. The zero-order chi connectivity index (χ0) is 16.6. The average molecular weight is 330 g/mol. The number of benzene rings is 1. The molecule has 2 aromatic heterocycles. The maximum absolute atomic E-state index is 12.7. The van der Waals surface area contributed by atoms with Gasteiger partial charge in [-0.1, -0.05) is 6.07 Å². The summed E-state index contributed by atoms with van der Waals surface area (Å²) >= 11 is 0. The Morgan fingerprint density at radius 1 is 1.26 bits per heavy atom. The van der Waals surface area contributed by atoms with Crippen molar-refractivity contribution in [1.29, 1.82) is 0 Å². The molecule has 0 saturated heterocycles. The molecular formula is C15H10N2O5S. The van der Waals surface area contributed by atoms with Crippen molar-refractivity contribution >= 4 is 33.2 Å². The second-order valence-corrected chi connectivity index (χ2v) is 6.54. The molecule has 0 aliphatic heterocycles. The van der Waals surface area contributed by atoms with Crippen LogP contribution in [0.25, 0.3) is 10.9 Å². The minimum atomic E-state index is -3.99. The Labute approximate surface area is 130 Å². The van der Waals surface area contributed by atoms with Crippen LogP contribution in [-0.4, -0.2) is 34.7 Å². The van der Waals surface area contributed by atoms with Crippen molar-refractivity contribution in [2.45, 2.75) is 4.90 Å². The van der Waals surface area contributed by atoms with Crippen LogP contribution in [0.1, 0.15) is 20.7 Å². The quantitative estimate of drug-likeness (QED) is 0.731. The smallest absolute Gasteiger partial charge is 0.335 e. The molecule has 0 unspecified atom stereocenters. The van der Waals surface area contributed by atoms with Gasteiger partial charge in [0.1, 0.15) is 4.90 Å². The van der Waals surface area contributed by atoms with Crippen LogP contribution < -0.4 is 0 Å². The van der Waals surface area contributed by atoms with Crippen LogP contribution in [0.4, 0.5) is 0 Å². The fourth-order valence-corrected chi connectivity index (χ4v) is 3.60. The van der Waals surface area contributed by atoms with Gasteiger partial charge in [-0.3, -0.25) is 9.78 Å². The lowest BCUT2D eigenvalue weighted by Gasteiger charge is -2.07. The highest BCUT2D eigenvalue weighted by Crippen LogP contribution is 2.26. The van der Waals surface area contributed by atoms with Gasteiger partial charge in [-0.15, -0.1) is 0 Å². The first-order valence-corrected chi connectivity index (χ1v) is 7.88. The summed E-state index contributed by atoms with van der Waals surface area (Å²) in [4.78, 5) is 26.0. The van der Waals surface area contributed by atoms with Gasteiger partial charge in [-0.2, -0.15) is 0 Å². The van der Waals surface area contributed by atoms with Gasteiger partial charge < -0.3 is 5.11 Å². The predicted molar refractivity (Wildman–Crippen MR) is 81.1 cm³/mol. The molecule has 116 valence electrons. The Balaban J connectivity index is 2.35. The number of fused-ring (bicyclic) bond motifs is 1. The molecule has 1 N–H and O–H groups in total. The molecule has 0 spiro atoms. The summed E-state index contributed by atoms with van der Waals surface area (Å²) in [7, 11) is -3.99. The molecule has 0 radical (unpaired) electrons. The molecule has 0 aliphatic rings. The molecule has 0 bridgehead atoms. The van der Waals surface area contributed by atoms with E-state index in [1.54, 1.807) is 0 Å². The topological polar surface area (TPSA) is 106 Å². The summed E-state index contributed by atoms with van der Waals surface area (Å²) < 4.78 is 26.3. The number of carbonyl (C=O) groups excluding carboxylic acids is 1. The van der Waals surface area contributed by atoms with Crippen LogP contribution in [0.2, 0.25) is 0 Å². The number of hydrogen-bond acceptors (Lipinski definition) is 5. The van der Waals surface area contributed by atoms with Crippen molar-refractivity contribution in [3.05, 3.63) is 60.0 Å². The van der Waals surface area contributed by atoms with Crippen molar-refractivity contribution in [1.82, 2.24) is 8.96 Å². The second-order valence-electron chi connectivity index (χ2n) is 4.73. The van der Waals surface area contributed by atoms with E-state index in [9.17, 15) is 18.0 Å². The monoisotopic (exact) mass is 330 g/mol. The molecule has 23 heavy (non-hydrogen) atoms. The Morgan fingerprint density at radius 3 is 2.65 bits per heavy atom. The van der Waals surface area contributed by atoms with E-state index in [1.807, 2.05) is 0 Å². The molecular weight excluding hydrogens is 320 g/mol. The van der Waals surface area contributed by atoms with E-state index in [2.05, 4.69) is 4.98 Å². The third-order valence-corrected chi connectivity index (χ3v) is 5.02. The highest BCUT2D eigenvalue weighted by atomic mass is 32.2. The number of carbonyl (C=O) groups is 2. The van der Waals surface area contributed by atoms with Crippen LogP contribution in [0.15, 0.2) is 53.8 Å². The number of carboxylic acid groups (broad SMARTS) is 1. The number of rotatable bonds is 4. The van der Waals surface area contributed by atoms with E-state index >= 15 is 0 Å². The zero-order valence-electron chi connectivity index (χ0n) is 11.6. The standard InChI is InChI=1S/C15H10N2O5S/c18-9-11-8-17(23(21,22)12-2-1-5-16-7-12)14-6-10(15(19)20)3-4-13(11)14/h1-9H,(H,19,20). The summed E-state index contributed by atoms with van der Waals surface area (Å²) in [5.74, 6) is -1.19. The van der Waals surface area contributed by atoms with E-state index in [4.69, 9.17) is 5.11 Å². The molecule has 2 heterocycles. The Morgan fingerprint density at radius 2 is 2.04 bits per heavy atom. The number of aromatic nitrogens is 2. The molecule has 0 atom stereocenters. The molecule has 0 aliphatic carbocycles. The summed E-state index contributed by atoms with van der Waals surface area (Å²) in [5.41, 5.74) is 0.205. The van der Waals surface area contributed by atoms with Crippen molar-refractivity contribution in [2.24, 2.45) is 0 Å². The highest BCUT2D eigenvalue weighted by Gasteiger charge is 2.22. The Kier molecular flexibility index (Phi) is 3.45. The van der Waals surface area contributed by atoms with Gasteiger partial charge >= 0.3 is 5.97 Å². The van der Waals surface area contributed by atoms with Crippen LogP contribution in [-0.2, 0) is 10.0 Å². The lowest BCUT2D eigenvalue weighted by Crippen LogP contribution is -2.12. The molecule has 3 rings (SSSR count). The first-order chi connectivity index (χ1) is 10.9. The SMILES string of the molecule is O=Cc1cn(S(=O)(=O)c2cccnc2)c2cc(C(=O)O)ccc12. The molecule has 0 amide bonds. The van der Waals surface area contributed by atoms with Crippen molar-refractivity contribution in [3.63, 3.8) is 0 Å².